The van der Waals surface area contributed by atoms with Gasteiger partial charge in [-0.3, -0.25) is 0 Å². The van der Waals surface area contributed by atoms with Gasteiger partial charge in [-0.25, -0.2) is 8.42 Å². The van der Waals surface area contributed by atoms with E-state index >= 15 is 0 Å². The monoisotopic (exact) mass is 326 g/mol. The second-order valence-corrected chi connectivity index (χ2v) is 6.38. The lowest BCUT2D eigenvalue weighted by Gasteiger charge is -2.22. The van der Waals surface area contributed by atoms with E-state index in [1.165, 1.54) is 16.4 Å². The minimum absolute atomic E-state index is 0.111. The molecule has 7 heteroatoms. The molecule has 0 aliphatic carbocycles. The van der Waals surface area contributed by atoms with Crippen LogP contribution in [-0.4, -0.2) is 52.2 Å². The van der Waals surface area contributed by atoms with Crippen LogP contribution in [0, 0.1) is 11.3 Å². The van der Waals surface area contributed by atoms with Crippen LogP contribution in [0.3, 0.4) is 0 Å². The van der Waals surface area contributed by atoms with Gasteiger partial charge in [-0.1, -0.05) is 6.07 Å². The predicted molar refractivity (Wildman–Crippen MR) is 82.9 cm³/mol. The van der Waals surface area contributed by atoms with Gasteiger partial charge in [-0.2, -0.15) is 9.57 Å². The fraction of sp³-hybridized carbons (Fsp3) is 0.533. The molecule has 6 nitrogen and oxygen atoms in total. The lowest BCUT2D eigenvalue weighted by Crippen LogP contribution is -2.36. The van der Waals surface area contributed by atoms with Gasteiger partial charge in [0, 0.05) is 26.3 Å². The SMILES string of the molecule is CCOCCN(CCOCC)S(=O)(=O)c1cccc(C#N)c1. The molecule has 0 aromatic heterocycles. The van der Waals surface area contributed by atoms with Gasteiger partial charge < -0.3 is 9.47 Å². The minimum atomic E-state index is -3.67. The Morgan fingerprint density at radius 1 is 1.14 bits per heavy atom. The van der Waals surface area contributed by atoms with Gasteiger partial charge in [0.05, 0.1) is 29.7 Å². The van der Waals surface area contributed by atoms with E-state index in [2.05, 4.69) is 0 Å². The maximum absolute atomic E-state index is 12.7. The number of benzene rings is 1. The van der Waals surface area contributed by atoms with Crippen LogP contribution >= 0.6 is 0 Å². The normalized spacial score (nSPS) is 11.5. The Morgan fingerprint density at radius 2 is 1.73 bits per heavy atom. The Kier molecular flexibility index (Phi) is 8.06. The van der Waals surface area contributed by atoms with Gasteiger partial charge in [0.2, 0.25) is 10.0 Å². The summed E-state index contributed by atoms with van der Waals surface area (Å²) in [7, 11) is -3.67. The molecule has 0 radical (unpaired) electrons. The summed E-state index contributed by atoms with van der Waals surface area (Å²) >= 11 is 0. The van der Waals surface area contributed by atoms with Gasteiger partial charge in [-0.15, -0.1) is 0 Å². The first-order chi connectivity index (χ1) is 10.6. The fourth-order valence-corrected chi connectivity index (χ4v) is 3.30. The molecule has 0 unspecified atom stereocenters. The smallest absolute Gasteiger partial charge is 0.243 e. The number of sulfonamides is 1. The molecule has 0 atom stereocenters. The maximum Gasteiger partial charge on any atom is 0.243 e. The average Bonchev–Trinajstić information content (AvgIpc) is 2.53. The van der Waals surface area contributed by atoms with Crippen molar-refractivity contribution in [1.82, 2.24) is 4.31 Å². The fourth-order valence-electron chi connectivity index (χ4n) is 1.85. The van der Waals surface area contributed by atoms with Crippen molar-refractivity contribution in [3.8, 4) is 6.07 Å². The third kappa shape index (κ3) is 5.39. The second kappa shape index (κ2) is 9.54. The molecule has 0 spiro atoms. The Morgan fingerprint density at radius 3 is 2.23 bits per heavy atom. The summed E-state index contributed by atoms with van der Waals surface area (Å²) < 4.78 is 37.2. The first kappa shape index (κ1) is 18.6. The van der Waals surface area contributed by atoms with Crippen LogP contribution in [0.15, 0.2) is 29.2 Å². The van der Waals surface area contributed by atoms with E-state index in [9.17, 15) is 8.42 Å². The molecule has 1 aromatic rings. The highest BCUT2D eigenvalue weighted by atomic mass is 32.2. The topological polar surface area (TPSA) is 79.6 Å². The summed E-state index contributed by atoms with van der Waals surface area (Å²) in [4.78, 5) is 0.111. The van der Waals surface area contributed by atoms with Crippen LogP contribution in [0.4, 0.5) is 0 Å². The number of ether oxygens (including phenoxy) is 2. The van der Waals surface area contributed by atoms with E-state index < -0.39 is 10.0 Å². The first-order valence-electron chi connectivity index (χ1n) is 7.22. The van der Waals surface area contributed by atoms with E-state index in [1.807, 2.05) is 19.9 Å². The largest absolute Gasteiger partial charge is 0.380 e. The van der Waals surface area contributed by atoms with Crippen molar-refractivity contribution in [3.63, 3.8) is 0 Å². The van der Waals surface area contributed by atoms with Gasteiger partial charge >= 0.3 is 0 Å². The zero-order valence-electron chi connectivity index (χ0n) is 13.0. The molecular formula is C15H22N2O4S. The van der Waals surface area contributed by atoms with Crippen molar-refractivity contribution in [1.29, 1.82) is 5.26 Å². The Balaban J connectivity index is 2.95. The van der Waals surface area contributed by atoms with Crippen LogP contribution in [0.2, 0.25) is 0 Å². The maximum atomic E-state index is 12.7. The van der Waals surface area contributed by atoms with E-state index in [4.69, 9.17) is 14.7 Å². The summed E-state index contributed by atoms with van der Waals surface area (Å²) in [5.74, 6) is 0. The summed E-state index contributed by atoms with van der Waals surface area (Å²) in [5, 5.41) is 8.91. The predicted octanol–water partition coefficient (Wildman–Crippen LogP) is 1.62. The number of rotatable bonds is 10. The van der Waals surface area contributed by atoms with Crippen molar-refractivity contribution in [2.24, 2.45) is 0 Å². The van der Waals surface area contributed by atoms with Crippen molar-refractivity contribution < 1.29 is 17.9 Å². The molecule has 0 amide bonds. The van der Waals surface area contributed by atoms with Gasteiger partial charge in [0.25, 0.3) is 0 Å². The van der Waals surface area contributed by atoms with E-state index in [0.717, 1.165) is 0 Å². The third-order valence-corrected chi connectivity index (χ3v) is 4.87. The average molecular weight is 326 g/mol. The lowest BCUT2D eigenvalue weighted by molar-refractivity contribution is 0.110. The summed E-state index contributed by atoms with van der Waals surface area (Å²) in [6.07, 6.45) is 0. The molecule has 1 rings (SSSR count). The van der Waals surface area contributed by atoms with E-state index in [-0.39, 0.29) is 18.0 Å². The van der Waals surface area contributed by atoms with E-state index in [1.54, 1.807) is 12.1 Å². The molecule has 1 aromatic carbocycles. The molecule has 0 saturated heterocycles. The standard InChI is InChI=1S/C15H22N2O4S/c1-3-20-10-8-17(9-11-21-4-2)22(18,19)15-7-5-6-14(12-15)13-16/h5-7,12H,3-4,8-11H2,1-2H3. The van der Waals surface area contributed by atoms with Crippen LogP contribution in [0.1, 0.15) is 19.4 Å². The highest BCUT2D eigenvalue weighted by Gasteiger charge is 2.24. The first-order valence-corrected chi connectivity index (χ1v) is 8.66. The Bertz CT molecular complexity index is 586. The van der Waals surface area contributed by atoms with Gasteiger partial charge in [0.15, 0.2) is 0 Å². The molecule has 0 N–H and O–H groups in total. The van der Waals surface area contributed by atoms with Crippen molar-refractivity contribution in [3.05, 3.63) is 29.8 Å². The Hall–Kier alpha value is -1.46. The summed E-state index contributed by atoms with van der Waals surface area (Å²) in [6.45, 7) is 5.91. The van der Waals surface area contributed by atoms with Gasteiger partial charge in [0.1, 0.15) is 0 Å². The van der Waals surface area contributed by atoms with Crippen molar-refractivity contribution in [2.75, 3.05) is 39.5 Å². The molecule has 22 heavy (non-hydrogen) atoms. The zero-order chi connectivity index (χ0) is 16.4. The third-order valence-electron chi connectivity index (χ3n) is 2.98. The number of nitriles is 1. The molecule has 0 fully saturated rings. The summed E-state index contributed by atoms with van der Waals surface area (Å²) in [6, 6.07) is 7.96. The minimum Gasteiger partial charge on any atom is -0.380 e. The van der Waals surface area contributed by atoms with E-state index in [0.29, 0.717) is 32.0 Å². The molecule has 0 saturated carbocycles. The molecule has 0 bridgehead atoms. The quantitative estimate of drug-likeness (QED) is 0.610. The molecule has 0 aliphatic heterocycles. The summed E-state index contributed by atoms with van der Waals surface area (Å²) in [5.41, 5.74) is 0.315. The number of hydrogen-bond donors (Lipinski definition) is 0. The number of nitrogens with zero attached hydrogens (tertiary/aromatic N) is 2. The van der Waals surface area contributed by atoms with Crippen molar-refractivity contribution in [2.45, 2.75) is 18.7 Å². The van der Waals surface area contributed by atoms with Crippen molar-refractivity contribution >= 4 is 10.0 Å². The Labute approximate surface area is 132 Å². The van der Waals surface area contributed by atoms with Crippen LogP contribution in [0.25, 0.3) is 0 Å². The molecular weight excluding hydrogens is 304 g/mol. The molecule has 122 valence electrons. The van der Waals surface area contributed by atoms with Crippen LogP contribution in [-0.2, 0) is 19.5 Å². The number of hydrogen-bond acceptors (Lipinski definition) is 5. The van der Waals surface area contributed by atoms with Crippen LogP contribution in [0.5, 0.6) is 0 Å². The highest BCUT2D eigenvalue weighted by Crippen LogP contribution is 2.16. The highest BCUT2D eigenvalue weighted by molar-refractivity contribution is 7.89. The van der Waals surface area contributed by atoms with Crippen LogP contribution < -0.4 is 0 Å². The lowest BCUT2D eigenvalue weighted by atomic mass is 10.2. The van der Waals surface area contributed by atoms with Gasteiger partial charge in [-0.05, 0) is 32.0 Å². The molecule has 0 heterocycles. The molecule has 0 aliphatic rings. The zero-order valence-corrected chi connectivity index (χ0v) is 13.8. The second-order valence-electron chi connectivity index (χ2n) is 4.44.